The molecule has 0 unspecified atom stereocenters. The Morgan fingerprint density at radius 1 is 1.00 bits per heavy atom. The number of aliphatic hydroxyl groups is 2. The van der Waals surface area contributed by atoms with Crippen LogP contribution in [0.5, 0.6) is 0 Å². The molecule has 0 aliphatic carbocycles. The van der Waals surface area contributed by atoms with E-state index >= 15 is 0 Å². The third-order valence-electron chi connectivity index (χ3n) is 2.02. The van der Waals surface area contributed by atoms with Crippen molar-refractivity contribution in [1.29, 1.82) is 0 Å². The summed E-state index contributed by atoms with van der Waals surface area (Å²) < 4.78 is 0.844. The van der Waals surface area contributed by atoms with Crippen LogP contribution in [-0.2, 0) is 14.4 Å². The van der Waals surface area contributed by atoms with Gasteiger partial charge in [-0.15, -0.1) is 0 Å². The molecule has 0 aromatic heterocycles. The summed E-state index contributed by atoms with van der Waals surface area (Å²) in [7, 11) is 6.16. The minimum absolute atomic E-state index is 0. The predicted octanol–water partition coefficient (Wildman–Crippen LogP) is -5.95. The van der Waals surface area contributed by atoms with E-state index in [1.54, 1.807) is 0 Å². The van der Waals surface area contributed by atoms with Crippen molar-refractivity contribution in [2.45, 2.75) is 18.4 Å². The molecule has 118 valence electrons. The fraction of sp³-hybridized carbons (Fsp3) is 0.727. The number of aliphatic hydroxyl groups excluding tert-OH is 1. The number of hydrogen-bond donors (Lipinski definition) is 2. The number of carbonyl (C=O) groups excluding carboxylic acids is 3. The summed E-state index contributed by atoms with van der Waals surface area (Å²) in [5.41, 5.74) is -2.97. The van der Waals surface area contributed by atoms with Gasteiger partial charge in [0.25, 0.3) is 0 Å². The smallest absolute Gasteiger partial charge is 0.550 e. The first-order valence-corrected chi connectivity index (χ1v) is 5.59. The summed E-state index contributed by atoms with van der Waals surface area (Å²) >= 11 is 0. The normalized spacial score (nSPS) is 10.7. The number of nitrogens with zero attached hydrogens (tertiary/aromatic N) is 1. The fourth-order valence-corrected chi connectivity index (χ4v) is 0.984. The molecule has 0 saturated heterocycles. The van der Waals surface area contributed by atoms with E-state index < -0.39 is 36.4 Å². The number of aliphatic carboxylic acids is 3. The molecule has 0 spiro atoms. The molecule has 0 aliphatic heterocycles. The Morgan fingerprint density at radius 3 is 1.43 bits per heavy atom. The summed E-state index contributed by atoms with van der Waals surface area (Å²) in [6.07, 6.45) is -2.72. The van der Waals surface area contributed by atoms with Crippen LogP contribution in [-0.4, -0.2) is 121 Å². The number of rotatable bonds is 7. The second-order valence-corrected chi connectivity index (χ2v) is 5.15. The van der Waals surface area contributed by atoms with Crippen LogP contribution in [0, 0.1) is 0 Å². The molecule has 0 radical (unpaired) electrons. The monoisotopic (exact) mass is 431 g/mol. The molecule has 0 aromatic rings. The second kappa shape index (κ2) is 11.4. The van der Waals surface area contributed by atoms with Crippen molar-refractivity contribution in [1.82, 2.24) is 0 Å². The van der Waals surface area contributed by atoms with Gasteiger partial charge in [-0.1, -0.05) is 0 Å². The van der Waals surface area contributed by atoms with Gasteiger partial charge in [-0.2, -0.15) is 0 Å². The molecule has 0 heterocycles. The molecule has 10 heteroatoms. The number of carbonyl (C=O) groups is 3. The summed E-state index contributed by atoms with van der Waals surface area (Å²) in [6, 6.07) is 0. The molecular weight excluding hydrogens is 411 g/mol. The molecule has 0 aromatic carbocycles. The van der Waals surface area contributed by atoms with E-state index in [1.807, 2.05) is 0 Å². The van der Waals surface area contributed by atoms with E-state index in [2.05, 4.69) is 21.1 Å². The number of hydrogen-bond acceptors (Lipinski definition) is 8. The topological polar surface area (TPSA) is 161 Å². The molecule has 0 fully saturated rings. The average molecular weight is 431 g/mol. The third-order valence-corrected chi connectivity index (χ3v) is 2.02. The first-order chi connectivity index (χ1) is 8.84. The van der Waals surface area contributed by atoms with Crippen molar-refractivity contribution in [2.75, 3.05) is 34.3 Å². The molecule has 0 bridgehead atoms. The van der Waals surface area contributed by atoms with Crippen LogP contribution in [0.25, 0.3) is 0 Å². The molecule has 0 rings (SSSR count). The van der Waals surface area contributed by atoms with Gasteiger partial charge in [0.15, 0.2) is 0 Å². The van der Waals surface area contributed by atoms with Gasteiger partial charge in [0.1, 0.15) is 12.1 Å². The van der Waals surface area contributed by atoms with Gasteiger partial charge in [0.2, 0.25) is 0 Å². The Morgan fingerprint density at radius 2 is 1.33 bits per heavy atom. The molecular formula is C11H19BaNO8. The molecule has 0 amide bonds. The van der Waals surface area contributed by atoms with Crippen molar-refractivity contribution in [2.24, 2.45) is 0 Å². The Bertz CT molecular complexity index is 337. The van der Waals surface area contributed by atoms with Crippen LogP contribution < -0.4 is 15.3 Å². The van der Waals surface area contributed by atoms with E-state index in [0.29, 0.717) is 0 Å². The zero-order valence-electron chi connectivity index (χ0n) is 12.3. The van der Waals surface area contributed by atoms with Crippen molar-refractivity contribution in [3.63, 3.8) is 0 Å². The van der Waals surface area contributed by atoms with Crippen LogP contribution in [0.4, 0.5) is 0 Å². The Kier molecular flexibility index (Phi) is 14.0. The van der Waals surface area contributed by atoms with Gasteiger partial charge in [-0.25, -0.2) is 0 Å². The first-order valence-electron chi connectivity index (χ1n) is 5.59. The largest absolute Gasteiger partial charge is 2.00 e. The quantitative estimate of drug-likeness (QED) is 0.298. The number of likely N-dealkylation sites (N-methyl/N-ethyl adjacent to an activating group) is 1. The van der Waals surface area contributed by atoms with Crippen molar-refractivity contribution >= 4 is 66.8 Å². The Labute approximate surface area is 162 Å². The molecule has 0 saturated carbocycles. The molecule has 9 nitrogen and oxygen atoms in total. The third kappa shape index (κ3) is 16.1. The van der Waals surface area contributed by atoms with Gasteiger partial charge in [0, 0.05) is 24.8 Å². The standard InChI is InChI=1S/C6H8O7.C5H14NO.Ba/c7-3(8)1-6(13,5(11)12)2-4(9)10;1-6(2,3)4-5-7;/h13H,1-2H2,(H,7,8)(H,9,10)(H,11,12);7H,4-5H2,1-3H3;/q;+1;+2/p-3. The minimum Gasteiger partial charge on any atom is -0.550 e. The zero-order chi connectivity index (χ0) is 16.6. The molecule has 0 aliphatic rings. The van der Waals surface area contributed by atoms with E-state index in [1.165, 1.54) is 0 Å². The maximum Gasteiger partial charge on any atom is 2.00 e. The number of quaternary nitrogens is 1. The predicted molar refractivity (Wildman–Crippen MR) is 64.9 cm³/mol. The maximum absolute atomic E-state index is 10.1. The first kappa shape index (κ1) is 25.8. The van der Waals surface area contributed by atoms with Gasteiger partial charge >= 0.3 is 48.9 Å². The number of carboxylic acids is 3. The summed E-state index contributed by atoms with van der Waals surface area (Å²) in [6.45, 7) is 1.11. The van der Waals surface area contributed by atoms with Crippen molar-refractivity contribution in [3.05, 3.63) is 0 Å². The van der Waals surface area contributed by atoms with Crippen molar-refractivity contribution in [3.8, 4) is 0 Å². The van der Waals surface area contributed by atoms with Gasteiger partial charge in [0.05, 0.1) is 33.7 Å². The Balaban J connectivity index is -0.000000347. The van der Waals surface area contributed by atoms with Crippen LogP contribution in [0.2, 0.25) is 0 Å². The average Bonchev–Trinajstić information content (AvgIpc) is 2.12. The van der Waals surface area contributed by atoms with Crippen LogP contribution in [0.1, 0.15) is 12.8 Å². The van der Waals surface area contributed by atoms with Gasteiger partial charge < -0.3 is 44.4 Å². The van der Waals surface area contributed by atoms with Crippen LogP contribution in [0.15, 0.2) is 0 Å². The van der Waals surface area contributed by atoms with Crippen LogP contribution in [0.3, 0.4) is 0 Å². The second-order valence-electron chi connectivity index (χ2n) is 5.15. The maximum atomic E-state index is 10.1. The Hall–Kier alpha value is -0.139. The zero-order valence-corrected chi connectivity index (χ0v) is 16.8. The molecule has 21 heavy (non-hydrogen) atoms. The van der Waals surface area contributed by atoms with E-state index in [4.69, 9.17) is 10.2 Å². The molecule has 0 atom stereocenters. The van der Waals surface area contributed by atoms with E-state index in [9.17, 15) is 29.7 Å². The summed E-state index contributed by atoms with van der Waals surface area (Å²) in [5.74, 6) is -5.98. The summed E-state index contributed by atoms with van der Waals surface area (Å²) in [5, 5.41) is 47.3. The number of carboxylic acid groups (broad SMARTS) is 3. The van der Waals surface area contributed by atoms with Gasteiger partial charge in [-0.3, -0.25) is 0 Å². The van der Waals surface area contributed by atoms with Crippen molar-refractivity contribution < 1.29 is 44.4 Å². The SMILES string of the molecule is C[N+](C)(C)CCO.O=C([O-])CC(O)(CC(=O)[O-])C(=O)[O-].[Ba+2]. The van der Waals surface area contributed by atoms with E-state index in [0.717, 1.165) is 11.0 Å². The van der Waals surface area contributed by atoms with E-state index in [-0.39, 0.29) is 55.5 Å². The van der Waals surface area contributed by atoms with Gasteiger partial charge in [-0.05, 0) is 0 Å². The fourth-order valence-electron chi connectivity index (χ4n) is 0.984. The van der Waals surface area contributed by atoms with Crippen LogP contribution >= 0.6 is 0 Å². The minimum atomic E-state index is -2.97. The molecule has 2 N–H and O–H groups in total. The summed E-state index contributed by atoms with van der Waals surface area (Å²) in [4.78, 5) is 30.0.